The molecule has 2 heterocycles. The standard InChI is InChI=1S/C12H16Cl2N2/c13-4-1-10-3-6-16(8-10)9-11-2-5-15-7-12(11)14/h2,5,7,10H,1,3-4,6,8-9H2. The van der Waals surface area contributed by atoms with Crippen LogP contribution in [0.15, 0.2) is 18.5 Å². The van der Waals surface area contributed by atoms with E-state index in [1.54, 1.807) is 12.4 Å². The van der Waals surface area contributed by atoms with Gasteiger partial charge in [-0.05, 0) is 36.9 Å². The number of alkyl halides is 1. The summed E-state index contributed by atoms with van der Waals surface area (Å²) in [6.45, 7) is 3.23. The molecule has 1 aromatic rings. The average molecular weight is 259 g/mol. The summed E-state index contributed by atoms with van der Waals surface area (Å²) >= 11 is 11.9. The summed E-state index contributed by atoms with van der Waals surface area (Å²) in [7, 11) is 0. The van der Waals surface area contributed by atoms with Crippen molar-refractivity contribution in [3.05, 3.63) is 29.0 Å². The Kier molecular flexibility index (Phi) is 4.45. The monoisotopic (exact) mass is 258 g/mol. The summed E-state index contributed by atoms with van der Waals surface area (Å²) in [5, 5.41) is 0.767. The van der Waals surface area contributed by atoms with Gasteiger partial charge in [0, 0.05) is 31.4 Å². The van der Waals surface area contributed by atoms with Crippen LogP contribution < -0.4 is 0 Å². The van der Waals surface area contributed by atoms with Gasteiger partial charge in [-0.3, -0.25) is 9.88 Å². The first-order valence-electron chi connectivity index (χ1n) is 5.66. The summed E-state index contributed by atoms with van der Waals surface area (Å²) in [6, 6.07) is 2.00. The maximum Gasteiger partial charge on any atom is 0.0634 e. The van der Waals surface area contributed by atoms with Crippen LogP contribution in [-0.4, -0.2) is 28.9 Å². The van der Waals surface area contributed by atoms with Crippen LogP contribution in [0.5, 0.6) is 0 Å². The van der Waals surface area contributed by atoms with Gasteiger partial charge in [-0.25, -0.2) is 0 Å². The highest BCUT2D eigenvalue weighted by molar-refractivity contribution is 6.31. The molecule has 0 aromatic carbocycles. The van der Waals surface area contributed by atoms with E-state index in [-0.39, 0.29) is 0 Å². The molecule has 0 amide bonds. The van der Waals surface area contributed by atoms with Crippen molar-refractivity contribution in [1.29, 1.82) is 0 Å². The Morgan fingerprint density at radius 1 is 1.50 bits per heavy atom. The minimum absolute atomic E-state index is 0.762. The molecule has 1 aromatic heterocycles. The van der Waals surface area contributed by atoms with Gasteiger partial charge in [0.2, 0.25) is 0 Å². The van der Waals surface area contributed by atoms with Crippen LogP contribution in [0.1, 0.15) is 18.4 Å². The second kappa shape index (κ2) is 5.85. The van der Waals surface area contributed by atoms with Crippen molar-refractivity contribution in [2.75, 3.05) is 19.0 Å². The van der Waals surface area contributed by atoms with Crippen LogP contribution in [0, 0.1) is 5.92 Å². The van der Waals surface area contributed by atoms with Crippen molar-refractivity contribution in [3.8, 4) is 0 Å². The predicted molar refractivity (Wildman–Crippen MR) is 68.0 cm³/mol. The minimum atomic E-state index is 0.762. The first-order chi connectivity index (χ1) is 7.79. The lowest BCUT2D eigenvalue weighted by Crippen LogP contribution is -2.20. The van der Waals surface area contributed by atoms with Crippen LogP contribution >= 0.6 is 23.2 Å². The Morgan fingerprint density at radius 2 is 2.38 bits per heavy atom. The van der Waals surface area contributed by atoms with Gasteiger partial charge in [-0.1, -0.05) is 11.6 Å². The van der Waals surface area contributed by atoms with E-state index in [1.165, 1.54) is 12.0 Å². The maximum atomic E-state index is 6.09. The minimum Gasteiger partial charge on any atom is -0.299 e. The number of hydrogen-bond acceptors (Lipinski definition) is 2. The third kappa shape index (κ3) is 3.09. The molecule has 1 atom stereocenters. The van der Waals surface area contributed by atoms with Gasteiger partial charge in [0.15, 0.2) is 0 Å². The number of rotatable bonds is 4. The Bertz CT molecular complexity index is 344. The van der Waals surface area contributed by atoms with Gasteiger partial charge in [-0.15, -0.1) is 11.6 Å². The SMILES string of the molecule is ClCCC1CCN(Cc2ccncc2Cl)C1. The van der Waals surface area contributed by atoms with E-state index in [2.05, 4.69) is 9.88 Å². The van der Waals surface area contributed by atoms with Gasteiger partial charge >= 0.3 is 0 Å². The van der Waals surface area contributed by atoms with Crippen LogP contribution in [0.4, 0.5) is 0 Å². The Morgan fingerprint density at radius 3 is 3.12 bits per heavy atom. The van der Waals surface area contributed by atoms with Crippen LogP contribution in [0.2, 0.25) is 5.02 Å². The van der Waals surface area contributed by atoms with Gasteiger partial charge in [0.25, 0.3) is 0 Å². The van der Waals surface area contributed by atoms with E-state index in [4.69, 9.17) is 23.2 Å². The zero-order valence-electron chi connectivity index (χ0n) is 9.20. The molecule has 4 heteroatoms. The molecule has 16 heavy (non-hydrogen) atoms. The van der Waals surface area contributed by atoms with Gasteiger partial charge in [0.1, 0.15) is 0 Å². The molecule has 1 aliphatic heterocycles. The maximum absolute atomic E-state index is 6.09. The second-order valence-corrected chi connectivity index (χ2v) is 5.12. The molecule has 0 aliphatic carbocycles. The molecule has 2 nitrogen and oxygen atoms in total. The van der Waals surface area contributed by atoms with E-state index in [0.717, 1.165) is 42.9 Å². The van der Waals surface area contributed by atoms with Crippen molar-refractivity contribution in [2.24, 2.45) is 5.92 Å². The molecule has 1 unspecified atom stereocenters. The van der Waals surface area contributed by atoms with Gasteiger partial charge in [0.05, 0.1) is 5.02 Å². The molecule has 88 valence electrons. The van der Waals surface area contributed by atoms with Crippen LogP contribution in [0.25, 0.3) is 0 Å². The summed E-state index contributed by atoms with van der Waals surface area (Å²) in [6.07, 6.45) is 5.90. The molecule has 0 radical (unpaired) electrons. The van der Waals surface area contributed by atoms with E-state index >= 15 is 0 Å². The van der Waals surface area contributed by atoms with Gasteiger partial charge < -0.3 is 0 Å². The van der Waals surface area contributed by atoms with E-state index in [9.17, 15) is 0 Å². The quantitative estimate of drug-likeness (QED) is 0.772. The first kappa shape index (κ1) is 12.2. The molecule has 0 spiro atoms. The molecule has 1 saturated heterocycles. The van der Waals surface area contributed by atoms with E-state index in [0.29, 0.717) is 0 Å². The topological polar surface area (TPSA) is 16.1 Å². The summed E-state index contributed by atoms with van der Waals surface area (Å²) in [4.78, 5) is 6.44. The third-order valence-corrected chi connectivity index (χ3v) is 3.70. The third-order valence-electron chi connectivity index (χ3n) is 3.14. The highest BCUT2D eigenvalue weighted by Crippen LogP contribution is 2.23. The van der Waals surface area contributed by atoms with Crippen molar-refractivity contribution >= 4 is 23.2 Å². The lowest BCUT2D eigenvalue weighted by molar-refractivity contribution is 0.315. The molecule has 0 bridgehead atoms. The summed E-state index contributed by atoms with van der Waals surface area (Å²) < 4.78 is 0. The molecule has 0 N–H and O–H groups in total. The largest absolute Gasteiger partial charge is 0.299 e. The first-order valence-corrected chi connectivity index (χ1v) is 6.57. The van der Waals surface area contributed by atoms with Crippen molar-refractivity contribution < 1.29 is 0 Å². The summed E-state index contributed by atoms with van der Waals surface area (Å²) in [5.41, 5.74) is 1.17. The highest BCUT2D eigenvalue weighted by atomic mass is 35.5. The normalized spacial score (nSPS) is 21.5. The Labute approximate surface area is 107 Å². The number of aromatic nitrogens is 1. The van der Waals surface area contributed by atoms with Crippen molar-refractivity contribution in [3.63, 3.8) is 0 Å². The number of pyridine rings is 1. The fraction of sp³-hybridized carbons (Fsp3) is 0.583. The smallest absolute Gasteiger partial charge is 0.0634 e. The van der Waals surface area contributed by atoms with E-state index in [1.807, 2.05) is 6.07 Å². The molecule has 2 rings (SSSR count). The molecule has 0 saturated carbocycles. The highest BCUT2D eigenvalue weighted by Gasteiger charge is 2.22. The van der Waals surface area contributed by atoms with Gasteiger partial charge in [-0.2, -0.15) is 0 Å². The number of halogens is 2. The van der Waals surface area contributed by atoms with Crippen LogP contribution in [0.3, 0.4) is 0 Å². The zero-order valence-corrected chi connectivity index (χ0v) is 10.7. The summed E-state index contributed by atoms with van der Waals surface area (Å²) in [5.74, 6) is 1.53. The second-order valence-electron chi connectivity index (χ2n) is 4.33. The zero-order chi connectivity index (χ0) is 11.4. The van der Waals surface area contributed by atoms with E-state index < -0.39 is 0 Å². The predicted octanol–water partition coefficient (Wildman–Crippen LogP) is 3.19. The molecule has 1 aliphatic rings. The number of hydrogen-bond donors (Lipinski definition) is 0. The Balaban J connectivity index is 1.90. The Hall–Kier alpha value is -0.310. The molecular formula is C12H16Cl2N2. The fourth-order valence-corrected chi connectivity index (χ4v) is 2.71. The molecule has 1 fully saturated rings. The average Bonchev–Trinajstić information content (AvgIpc) is 2.70. The van der Waals surface area contributed by atoms with Crippen molar-refractivity contribution in [2.45, 2.75) is 19.4 Å². The lowest BCUT2D eigenvalue weighted by atomic mass is 10.1. The fourth-order valence-electron chi connectivity index (χ4n) is 2.22. The van der Waals surface area contributed by atoms with Crippen molar-refractivity contribution in [1.82, 2.24) is 9.88 Å². The number of nitrogens with zero attached hydrogens (tertiary/aromatic N) is 2. The number of likely N-dealkylation sites (tertiary alicyclic amines) is 1. The molecular weight excluding hydrogens is 243 g/mol. The van der Waals surface area contributed by atoms with Crippen LogP contribution in [-0.2, 0) is 6.54 Å². The lowest BCUT2D eigenvalue weighted by Gasteiger charge is -2.16.